The van der Waals surface area contributed by atoms with Crippen LogP contribution in [-0.4, -0.2) is 5.78 Å². The Morgan fingerprint density at radius 2 is 1.52 bits per heavy atom. The number of nitrogens with zero attached hydrogens (tertiary/aromatic N) is 1. The summed E-state index contributed by atoms with van der Waals surface area (Å²) in [5.74, 6) is -1.86. The van der Waals surface area contributed by atoms with E-state index in [-0.39, 0.29) is 11.6 Å². The Morgan fingerprint density at radius 1 is 1.00 bits per heavy atom. The quantitative estimate of drug-likeness (QED) is 0.781. The van der Waals surface area contributed by atoms with Crippen LogP contribution >= 0.6 is 0 Å². The maximum absolute atomic E-state index is 12.8. The molecule has 0 N–H and O–H groups in total. The van der Waals surface area contributed by atoms with Crippen LogP contribution in [0, 0.1) is 28.9 Å². The maximum Gasteiger partial charge on any atom is 0.179 e. The average Bonchev–Trinajstić information content (AvgIpc) is 2.50. The number of aryl methyl sites for hydroxylation is 1. The second-order valence-corrected chi connectivity index (χ2v) is 4.72. The molecule has 0 spiro atoms. The molecule has 0 aliphatic carbocycles. The first-order chi connectivity index (χ1) is 10.1. The number of nitriles is 1. The Bertz CT molecular complexity index is 657. The molecule has 0 aliphatic heterocycles. The average molecular weight is 285 g/mol. The van der Waals surface area contributed by atoms with Gasteiger partial charge in [0.2, 0.25) is 0 Å². The van der Waals surface area contributed by atoms with E-state index in [0.717, 1.165) is 5.56 Å². The Labute approximate surface area is 121 Å². The lowest BCUT2D eigenvalue weighted by Crippen LogP contribution is -2.14. The van der Waals surface area contributed by atoms with Gasteiger partial charge in [-0.1, -0.05) is 12.1 Å². The first-order valence-corrected chi connectivity index (χ1v) is 6.54. The van der Waals surface area contributed by atoms with Gasteiger partial charge < -0.3 is 0 Å². The van der Waals surface area contributed by atoms with Crippen molar-refractivity contribution in [2.75, 3.05) is 0 Å². The lowest BCUT2D eigenvalue weighted by molar-refractivity contribution is 0.0944. The van der Waals surface area contributed by atoms with Crippen LogP contribution < -0.4 is 0 Å². The van der Waals surface area contributed by atoms with E-state index in [0.29, 0.717) is 18.4 Å². The summed E-state index contributed by atoms with van der Waals surface area (Å²) in [5.41, 5.74) is 1.19. The minimum Gasteiger partial charge on any atom is -0.293 e. The lowest BCUT2D eigenvalue weighted by atomic mass is 9.93. The van der Waals surface area contributed by atoms with Gasteiger partial charge >= 0.3 is 0 Å². The summed E-state index contributed by atoms with van der Waals surface area (Å²) >= 11 is 0. The normalized spacial score (nSPS) is 11.7. The summed E-state index contributed by atoms with van der Waals surface area (Å²) < 4.78 is 25.6. The van der Waals surface area contributed by atoms with Crippen molar-refractivity contribution in [3.05, 3.63) is 71.3 Å². The standard InChI is InChI=1S/C17H13F2NO/c18-15-7-2-12(3-8-15)1-4-14(11-20)17(21)13-5-9-16(19)10-6-13/h2-3,5-10,14H,1,4H2. The van der Waals surface area contributed by atoms with Crippen LogP contribution in [0.5, 0.6) is 0 Å². The summed E-state index contributed by atoms with van der Waals surface area (Å²) in [6, 6.07) is 13.1. The molecular weight excluding hydrogens is 272 g/mol. The van der Waals surface area contributed by atoms with Crippen molar-refractivity contribution in [1.82, 2.24) is 0 Å². The summed E-state index contributed by atoms with van der Waals surface area (Å²) in [6.45, 7) is 0. The predicted molar refractivity (Wildman–Crippen MR) is 74.6 cm³/mol. The van der Waals surface area contributed by atoms with Crippen molar-refractivity contribution in [2.45, 2.75) is 12.8 Å². The van der Waals surface area contributed by atoms with Gasteiger partial charge in [0, 0.05) is 5.56 Å². The molecule has 0 heterocycles. The minimum absolute atomic E-state index is 0.320. The number of hydrogen-bond donors (Lipinski definition) is 0. The van der Waals surface area contributed by atoms with Crippen molar-refractivity contribution in [3.8, 4) is 6.07 Å². The molecule has 1 atom stereocenters. The van der Waals surface area contributed by atoms with Crippen LogP contribution in [0.15, 0.2) is 48.5 Å². The Hall–Kier alpha value is -2.54. The second-order valence-electron chi connectivity index (χ2n) is 4.72. The highest BCUT2D eigenvalue weighted by molar-refractivity contribution is 5.99. The largest absolute Gasteiger partial charge is 0.293 e. The highest BCUT2D eigenvalue weighted by atomic mass is 19.1. The minimum atomic E-state index is -0.791. The van der Waals surface area contributed by atoms with Gasteiger partial charge in [-0.25, -0.2) is 8.78 Å². The molecule has 106 valence electrons. The molecule has 0 bridgehead atoms. The molecule has 21 heavy (non-hydrogen) atoms. The number of Topliss-reactive ketones (excluding diaryl/α,β-unsaturated/α-hetero) is 1. The van der Waals surface area contributed by atoms with Crippen LogP contribution in [0.4, 0.5) is 8.78 Å². The summed E-state index contributed by atoms with van der Waals surface area (Å²) in [4.78, 5) is 12.2. The van der Waals surface area contributed by atoms with Crippen molar-refractivity contribution in [1.29, 1.82) is 5.26 Å². The third-order valence-corrected chi connectivity index (χ3v) is 3.24. The highest BCUT2D eigenvalue weighted by Crippen LogP contribution is 2.16. The van der Waals surface area contributed by atoms with E-state index < -0.39 is 11.7 Å². The summed E-state index contributed by atoms with van der Waals surface area (Å²) in [7, 11) is 0. The number of carbonyl (C=O) groups is 1. The Kier molecular flexibility index (Phi) is 4.78. The third-order valence-electron chi connectivity index (χ3n) is 3.24. The van der Waals surface area contributed by atoms with E-state index in [1.165, 1.54) is 36.4 Å². The summed E-state index contributed by atoms with van der Waals surface area (Å²) in [5, 5.41) is 9.13. The predicted octanol–water partition coefficient (Wildman–Crippen LogP) is 3.92. The maximum atomic E-state index is 12.8. The SMILES string of the molecule is N#CC(CCc1ccc(F)cc1)C(=O)c1ccc(F)cc1. The molecule has 4 heteroatoms. The molecule has 2 nitrogen and oxygen atoms in total. The Morgan fingerprint density at radius 3 is 2.05 bits per heavy atom. The zero-order valence-electron chi connectivity index (χ0n) is 11.2. The molecule has 2 aromatic carbocycles. The number of ketones is 1. The van der Waals surface area contributed by atoms with E-state index in [4.69, 9.17) is 5.26 Å². The number of benzene rings is 2. The van der Waals surface area contributed by atoms with Gasteiger partial charge in [0.25, 0.3) is 0 Å². The van der Waals surface area contributed by atoms with Gasteiger partial charge in [0.05, 0.1) is 6.07 Å². The molecule has 0 saturated carbocycles. The van der Waals surface area contributed by atoms with E-state index in [1.54, 1.807) is 12.1 Å². The van der Waals surface area contributed by atoms with Gasteiger partial charge in [-0.3, -0.25) is 4.79 Å². The molecule has 0 fully saturated rings. The van der Waals surface area contributed by atoms with Gasteiger partial charge in [0.1, 0.15) is 17.6 Å². The monoisotopic (exact) mass is 285 g/mol. The molecule has 0 saturated heterocycles. The number of carbonyl (C=O) groups excluding carboxylic acids is 1. The first-order valence-electron chi connectivity index (χ1n) is 6.54. The third kappa shape index (κ3) is 3.96. The van der Waals surface area contributed by atoms with Crippen LogP contribution in [-0.2, 0) is 6.42 Å². The van der Waals surface area contributed by atoms with Gasteiger partial charge in [-0.05, 0) is 54.8 Å². The van der Waals surface area contributed by atoms with Crippen molar-refractivity contribution >= 4 is 5.78 Å². The van der Waals surface area contributed by atoms with Crippen molar-refractivity contribution < 1.29 is 13.6 Å². The number of halogens is 2. The zero-order chi connectivity index (χ0) is 15.2. The molecule has 2 rings (SSSR count). The van der Waals surface area contributed by atoms with E-state index in [1.807, 2.05) is 6.07 Å². The molecule has 0 radical (unpaired) electrons. The van der Waals surface area contributed by atoms with Crippen LogP contribution in [0.2, 0.25) is 0 Å². The molecule has 0 amide bonds. The smallest absolute Gasteiger partial charge is 0.179 e. The van der Waals surface area contributed by atoms with Gasteiger partial charge in [-0.15, -0.1) is 0 Å². The zero-order valence-corrected chi connectivity index (χ0v) is 11.2. The molecule has 0 aromatic heterocycles. The fraction of sp³-hybridized carbons (Fsp3) is 0.176. The van der Waals surface area contributed by atoms with Crippen LogP contribution in [0.3, 0.4) is 0 Å². The van der Waals surface area contributed by atoms with Crippen LogP contribution in [0.25, 0.3) is 0 Å². The lowest BCUT2D eigenvalue weighted by Gasteiger charge is -2.08. The fourth-order valence-corrected chi connectivity index (χ4v) is 2.03. The molecule has 1 unspecified atom stereocenters. The molecular formula is C17H13F2NO. The van der Waals surface area contributed by atoms with E-state index in [2.05, 4.69) is 0 Å². The first kappa shape index (κ1) is 14.9. The summed E-state index contributed by atoms with van der Waals surface area (Å²) in [6.07, 6.45) is 0.851. The van der Waals surface area contributed by atoms with Gasteiger partial charge in [-0.2, -0.15) is 5.26 Å². The van der Waals surface area contributed by atoms with Crippen LogP contribution in [0.1, 0.15) is 22.3 Å². The highest BCUT2D eigenvalue weighted by Gasteiger charge is 2.19. The van der Waals surface area contributed by atoms with E-state index in [9.17, 15) is 13.6 Å². The second kappa shape index (κ2) is 6.76. The molecule has 2 aromatic rings. The van der Waals surface area contributed by atoms with E-state index >= 15 is 0 Å². The van der Waals surface area contributed by atoms with Gasteiger partial charge in [0.15, 0.2) is 5.78 Å². The Balaban J connectivity index is 2.02. The van der Waals surface area contributed by atoms with Crippen molar-refractivity contribution in [2.24, 2.45) is 5.92 Å². The fourth-order valence-electron chi connectivity index (χ4n) is 2.03. The van der Waals surface area contributed by atoms with Crippen molar-refractivity contribution in [3.63, 3.8) is 0 Å². The molecule has 0 aliphatic rings. The number of rotatable bonds is 5. The topological polar surface area (TPSA) is 40.9 Å². The number of hydrogen-bond acceptors (Lipinski definition) is 2.